The van der Waals surface area contributed by atoms with Crippen molar-refractivity contribution in [1.82, 2.24) is 0 Å². The summed E-state index contributed by atoms with van der Waals surface area (Å²) in [6, 6.07) is 11.9. The van der Waals surface area contributed by atoms with Crippen LogP contribution in [-0.4, -0.2) is 37.3 Å². The Bertz CT molecular complexity index is 963. The predicted octanol–water partition coefficient (Wildman–Crippen LogP) is 3.75. The van der Waals surface area contributed by atoms with Crippen LogP contribution in [0.4, 0.5) is 16.2 Å². The first-order valence-electron chi connectivity index (χ1n) is 9.41. The van der Waals surface area contributed by atoms with Gasteiger partial charge in [0, 0.05) is 5.69 Å². The van der Waals surface area contributed by atoms with Gasteiger partial charge in [-0.3, -0.25) is 10.1 Å². The summed E-state index contributed by atoms with van der Waals surface area (Å²) in [7, 11) is 1.32. The van der Waals surface area contributed by atoms with E-state index in [9.17, 15) is 14.4 Å². The van der Waals surface area contributed by atoms with Gasteiger partial charge in [-0.2, -0.15) is 0 Å². The van der Waals surface area contributed by atoms with Crippen molar-refractivity contribution >= 4 is 29.3 Å². The molecule has 0 bridgehead atoms. The molecule has 0 atom stereocenters. The predicted molar refractivity (Wildman–Crippen MR) is 111 cm³/mol. The van der Waals surface area contributed by atoms with Crippen molar-refractivity contribution in [3.8, 4) is 5.75 Å². The highest BCUT2D eigenvalue weighted by Crippen LogP contribution is 2.35. The lowest BCUT2D eigenvalue weighted by atomic mass is 10.1. The minimum Gasteiger partial charge on any atom is -0.482 e. The molecule has 2 aromatic rings. The van der Waals surface area contributed by atoms with Crippen molar-refractivity contribution in [2.45, 2.75) is 32.9 Å². The van der Waals surface area contributed by atoms with E-state index in [0.29, 0.717) is 22.7 Å². The van der Waals surface area contributed by atoms with E-state index in [1.54, 1.807) is 68.1 Å². The number of esters is 1. The van der Waals surface area contributed by atoms with E-state index in [4.69, 9.17) is 14.2 Å². The van der Waals surface area contributed by atoms with E-state index in [1.165, 1.54) is 7.11 Å². The summed E-state index contributed by atoms with van der Waals surface area (Å²) in [6.07, 6.45) is -0.588. The fraction of sp³-hybridized carbons (Fsp3) is 0.318. The highest BCUT2D eigenvalue weighted by molar-refractivity contribution is 5.99. The van der Waals surface area contributed by atoms with Gasteiger partial charge in [0.25, 0.3) is 5.91 Å². The molecule has 0 aliphatic carbocycles. The first kappa shape index (κ1) is 21.2. The Labute approximate surface area is 174 Å². The number of carbonyl (C=O) groups excluding carboxylic acids is 3. The lowest BCUT2D eigenvalue weighted by Crippen LogP contribution is -2.38. The Kier molecular flexibility index (Phi) is 5.96. The topological polar surface area (TPSA) is 94.2 Å². The molecule has 1 N–H and O–H groups in total. The lowest BCUT2D eigenvalue weighted by molar-refractivity contribution is -0.121. The normalized spacial score (nSPS) is 13.2. The number of anilines is 2. The molecule has 2 amide bonds. The van der Waals surface area contributed by atoms with Crippen molar-refractivity contribution in [2.24, 2.45) is 0 Å². The number of rotatable bonds is 4. The molecular formula is C22H24N2O6. The number of methoxy groups -OCH3 is 1. The Morgan fingerprint density at radius 1 is 1.13 bits per heavy atom. The van der Waals surface area contributed by atoms with Gasteiger partial charge >= 0.3 is 12.1 Å². The fourth-order valence-electron chi connectivity index (χ4n) is 2.92. The highest BCUT2D eigenvalue weighted by atomic mass is 16.6. The van der Waals surface area contributed by atoms with Gasteiger partial charge in [-0.25, -0.2) is 9.59 Å². The highest BCUT2D eigenvalue weighted by Gasteiger charge is 2.26. The monoisotopic (exact) mass is 412 g/mol. The summed E-state index contributed by atoms with van der Waals surface area (Å²) in [5.74, 6) is -0.100. The third-order valence-corrected chi connectivity index (χ3v) is 4.26. The number of carbonyl (C=O) groups is 3. The molecule has 0 spiro atoms. The van der Waals surface area contributed by atoms with Gasteiger partial charge in [0.1, 0.15) is 11.4 Å². The number of ether oxygens (including phenoxy) is 3. The Hall–Kier alpha value is -3.55. The van der Waals surface area contributed by atoms with Crippen LogP contribution in [-0.2, 0) is 20.8 Å². The van der Waals surface area contributed by atoms with E-state index >= 15 is 0 Å². The minimum absolute atomic E-state index is 0.0773. The van der Waals surface area contributed by atoms with E-state index in [-0.39, 0.29) is 19.1 Å². The molecule has 0 aromatic heterocycles. The molecular weight excluding hydrogens is 388 g/mol. The van der Waals surface area contributed by atoms with E-state index in [0.717, 1.165) is 5.56 Å². The van der Waals surface area contributed by atoms with Gasteiger partial charge < -0.3 is 19.1 Å². The van der Waals surface area contributed by atoms with Gasteiger partial charge in [0.2, 0.25) is 0 Å². The maximum Gasteiger partial charge on any atom is 0.412 e. The maximum absolute atomic E-state index is 12.5. The van der Waals surface area contributed by atoms with Crippen LogP contribution in [0.3, 0.4) is 0 Å². The van der Waals surface area contributed by atoms with Crippen molar-refractivity contribution < 1.29 is 28.6 Å². The van der Waals surface area contributed by atoms with Gasteiger partial charge in [-0.05, 0) is 56.7 Å². The van der Waals surface area contributed by atoms with E-state index in [2.05, 4.69) is 5.32 Å². The van der Waals surface area contributed by atoms with E-state index < -0.39 is 17.7 Å². The Balaban J connectivity index is 1.81. The van der Waals surface area contributed by atoms with Crippen LogP contribution in [0.25, 0.3) is 0 Å². The molecule has 3 rings (SSSR count). The average Bonchev–Trinajstić information content (AvgIpc) is 2.68. The van der Waals surface area contributed by atoms with Crippen LogP contribution in [0.15, 0.2) is 42.5 Å². The number of amides is 2. The van der Waals surface area contributed by atoms with E-state index in [1.807, 2.05) is 0 Å². The second-order valence-electron chi connectivity index (χ2n) is 7.77. The Morgan fingerprint density at radius 3 is 2.47 bits per heavy atom. The smallest absolute Gasteiger partial charge is 0.412 e. The van der Waals surface area contributed by atoms with Gasteiger partial charge in [0.15, 0.2) is 6.61 Å². The fourth-order valence-corrected chi connectivity index (χ4v) is 2.92. The summed E-state index contributed by atoms with van der Waals surface area (Å²) in [5.41, 5.74) is 1.65. The van der Waals surface area contributed by atoms with Crippen LogP contribution in [0.1, 0.15) is 36.7 Å². The molecule has 0 radical (unpaired) electrons. The van der Waals surface area contributed by atoms with Crippen LogP contribution in [0.2, 0.25) is 0 Å². The minimum atomic E-state index is -0.625. The summed E-state index contributed by atoms with van der Waals surface area (Å²) < 4.78 is 15.5. The van der Waals surface area contributed by atoms with Gasteiger partial charge in [-0.1, -0.05) is 12.1 Å². The van der Waals surface area contributed by atoms with Crippen molar-refractivity contribution in [3.63, 3.8) is 0 Å². The third-order valence-electron chi connectivity index (χ3n) is 4.26. The average molecular weight is 412 g/mol. The molecule has 1 heterocycles. The second-order valence-corrected chi connectivity index (χ2v) is 7.77. The molecule has 0 saturated heterocycles. The number of fused-ring (bicyclic) bond motifs is 1. The molecule has 8 nitrogen and oxygen atoms in total. The van der Waals surface area contributed by atoms with Gasteiger partial charge in [-0.15, -0.1) is 0 Å². The first-order chi connectivity index (χ1) is 14.2. The van der Waals surface area contributed by atoms with Crippen LogP contribution < -0.4 is 15.0 Å². The van der Waals surface area contributed by atoms with Gasteiger partial charge in [0.05, 0.1) is 24.9 Å². The summed E-state index contributed by atoms with van der Waals surface area (Å²) >= 11 is 0. The molecule has 1 aliphatic heterocycles. The summed E-state index contributed by atoms with van der Waals surface area (Å²) in [6.45, 7) is 5.54. The van der Waals surface area contributed by atoms with Crippen LogP contribution >= 0.6 is 0 Å². The largest absolute Gasteiger partial charge is 0.482 e. The molecule has 0 saturated carbocycles. The number of nitrogens with one attached hydrogen (secondary N) is 1. The SMILES string of the molecule is COC(=O)c1ccc(CN2C(=O)COc3ccc(NC(=O)OC(C)(C)C)cc32)cc1. The molecule has 30 heavy (non-hydrogen) atoms. The summed E-state index contributed by atoms with van der Waals surface area (Å²) in [4.78, 5) is 37.8. The second kappa shape index (κ2) is 8.44. The van der Waals surface area contributed by atoms with Crippen LogP contribution in [0, 0.1) is 0 Å². The molecule has 2 aromatic carbocycles. The maximum atomic E-state index is 12.5. The van der Waals surface area contributed by atoms with Crippen molar-refractivity contribution in [3.05, 3.63) is 53.6 Å². The summed E-state index contributed by atoms with van der Waals surface area (Å²) in [5, 5.41) is 2.67. The number of hydrogen-bond acceptors (Lipinski definition) is 6. The molecule has 8 heteroatoms. The lowest BCUT2D eigenvalue weighted by Gasteiger charge is -2.30. The Morgan fingerprint density at radius 2 is 1.83 bits per heavy atom. The molecule has 0 unspecified atom stereocenters. The van der Waals surface area contributed by atoms with Crippen molar-refractivity contribution in [1.29, 1.82) is 0 Å². The number of benzene rings is 2. The van der Waals surface area contributed by atoms with Crippen LogP contribution in [0.5, 0.6) is 5.75 Å². The third kappa shape index (κ3) is 5.08. The molecule has 1 aliphatic rings. The van der Waals surface area contributed by atoms with Crippen molar-refractivity contribution in [2.75, 3.05) is 23.9 Å². The zero-order valence-corrected chi connectivity index (χ0v) is 17.4. The molecule has 158 valence electrons. The number of nitrogens with zero attached hydrogens (tertiary/aromatic N) is 1. The molecule has 0 fully saturated rings. The standard InChI is InChI=1S/C22H24N2O6/c1-22(2,3)30-21(27)23-16-9-10-18-17(11-16)24(19(25)13-29-18)12-14-5-7-15(8-6-14)20(26)28-4/h5-11H,12-13H2,1-4H3,(H,23,27). The first-order valence-corrected chi connectivity index (χ1v) is 9.41. The number of hydrogen-bond donors (Lipinski definition) is 1. The quantitative estimate of drug-likeness (QED) is 0.769. The zero-order valence-electron chi connectivity index (χ0n) is 17.4. The zero-order chi connectivity index (χ0) is 21.9.